The minimum atomic E-state index is -0.408. The molecule has 0 saturated heterocycles. The first-order valence-corrected chi connectivity index (χ1v) is 7.96. The average Bonchev–Trinajstić information content (AvgIpc) is 2.49. The molecule has 1 aliphatic rings. The molecule has 110 valence electrons. The van der Waals surface area contributed by atoms with Crippen LogP contribution in [0.2, 0.25) is 0 Å². The maximum atomic E-state index is 11.9. The predicted octanol–water partition coefficient (Wildman–Crippen LogP) is 4.99. The number of carbonyl (C=O) groups is 1. The van der Waals surface area contributed by atoms with Crippen LogP contribution >= 0.6 is 12.4 Å². The monoisotopic (exact) mass is 296 g/mol. The molecule has 0 heterocycles. The van der Waals surface area contributed by atoms with E-state index in [-0.39, 0.29) is 18.3 Å². The van der Waals surface area contributed by atoms with Gasteiger partial charge in [0.2, 0.25) is 0 Å². The molecular weight excluding hydrogens is 275 g/mol. The van der Waals surface area contributed by atoms with Crippen LogP contribution in [-0.4, -0.2) is 5.97 Å². The van der Waals surface area contributed by atoms with Gasteiger partial charge in [-0.2, -0.15) is 0 Å². The van der Waals surface area contributed by atoms with Crippen molar-refractivity contribution in [2.24, 2.45) is 5.92 Å². The fourth-order valence-corrected chi connectivity index (χ4v) is 3.20. The van der Waals surface area contributed by atoms with Gasteiger partial charge in [0.1, 0.15) is 0 Å². The Morgan fingerprint density at radius 2 is 1.90 bits per heavy atom. The van der Waals surface area contributed by atoms with Crippen LogP contribution in [0.25, 0.3) is 0 Å². The van der Waals surface area contributed by atoms with Gasteiger partial charge in [-0.1, -0.05) is 37.6 Å². The van der Waals surface area contributed by atoms with Crippen molar-refractivity contribution in [1.29, 1.82) is 0 Å². The van der Waals surface area contributed by atoms with Crippen LogP contribution in [0.5, 0.6) is 0 Å². The Bertz CT molecular complexity index is 425. The van der Waals surface area contributed by atoms with Crippen molar-refractivity contribution in [3.05, 3.63) is 35.4 Å². The molecule has 0 N–H and O–H groups in total. The summed E-state index contributed by atoms with van der Waals surface area (Å²) in [5.41, 5.74) is 2.74. The zero-order chi connectivity index (χ0) is 14.4. The van der Waals surface area contributed by atoms with Crippen LogP contribution in [0.15, 0.2) is 24.3 Å². The molecular formula is C16H21FO2S. The van der Waals surface area contributed by atoms with Crippen molar-refractivity contribution in [2.45, 2.75) is 51.4 Å². The van der Waals surface area contributed by atoms with Crippen LogP contribution in [0.3, 0.4) is 0 Å². The SMILES string of the molecule is CCCc1ccc(C2CCC(C(=O)OSF)CC2)cc1. The standard InChI is InChI=1S/C16H21FO2S/c1-2-3-12-4-6-13(7-5-12)14-8-10-15(11-9-14)16(18)19-20-17/h4-7,14-15H,2-3,8-11H2,1H3. The van der Waals surface area contributed by atoms with Crippen molar-refractivity contribution in [3.8, 4) is 0 Å². The van der Waals surface area contributed by atoms with E-state index in [2.05, 4.69) is 35.4 Å². The summed E-state index contributed by atoms with van der Waals surface area (Å²) >= 11 is -0.343. The lowest BCUT2D eigenvalue weighted by atomic mass is 9.78. The summed E-state index contributed by atoms with van der Waals surface area (Å²) < 4.78 is 16.3. The molecule has 1 aromatic carbocycles. The van der Waals surface area contributed by atoms with E-state index in [0.29, 0.717) is 5.92 Å². The van der Waals surface area contributed by atoms with Gasteiger partial charge in [0.15, 0.2) is 0 Å². The minimum absolute atomic E-state index is 0.131. The number of benzene rings is 1. The van der Waals surface area contributed by atoms with Gasteiger partial charge in [0.05, 0.1) is 5.92 Å². The molecule has 1 aromatic rings. The maximum absolute atomic E-state index is 11.9. The average molecular weight is 296 g/mol. The summed E-state index contributed by atoms with van der Waals surface area (Å²) in [6, 6.07) is 8.84. The highest BCUT2D eigenvalue weighted by molar-refractivity contribution is 7.89. The minimum Gasteiger partial charge on any atom is -0.360 e. The van der Waals surface area contributed by atoms with Gasteiger partial charge in [0, 0.05) is 0 Å². The van der Waals surface area contributed by atoms with E-state index >= 15 is 0 Å². The van der Waals surface area contributed by atoms with E-state index in [0.717, 1.165) is 32.1 Å². The Morgan fingerprint density at radius 1 is 1.25 bits per heavy atom. The molecule has 1 aliphatic carbocycles. The molecule has 0 unspecified atom stereocenters. The Balaban J connectivity index is 1.88. The summed E-state index contributed by atoms with van der Waals surface area (Å²) in [6.07, 6.45) is 5.83. The van der Waals surface area contributed by atoms with Gasteiger partial charge >= 0.3 is 5.97 Å². The number of halogens is 1. The normalized spacial score (nSPS) is 22.5. The molecule has 2 rings (SSSR count). The molecule has 0 spiro atoms. The third kappa shape index (κ3) is 3.98. The van der Waals surface area contributed by atoms with Crippen molar-refractivity contribution < 1.29 is 12.9 Å². The van der Waals surface area contributed by atoms with Crippen molar-refractivity contribution >= 4 is 18.4 Å². The highest BCUT2D eigenvalue weighted by Gasteiger charge is 2.28. The van der Waals surface area contributed by atoms with E-state index < -0.39 is 5.97 Å². The molecule has 0 aliphatic heterocycles. The fraction of sp³-hybridized carbons (Fsp3) is 0.562. The summed E-state index contributed by atoms with van der Waals surface area (Å²) in [5, 5.41) is 0. The smallest absolute Gasteiger partial charge is 0.323 e. The summed E-state index contributed by atoms with van der Waals surface area (Å²) in [4.78, 5) is 11.5. The number of carbonyl (C=O) groups excluding carboxylic acids is 1. The highest BCUT2D eigenvalue weighted by atomic mass is 32.2. The zero-order valence-corrected chi connectivity index (χ0v) is 12.6. The van der Waals surface area contributed by atoms with E-state index in [4.69, 9.17) is 0 Å². The molecule has 20 heavy (non-hydrogen) atoms. The summed E-state index contributed by atoms with van der Waals surface area (Å²) in [6.45, 7) is 2.18. The van der Waals surface area contributed by atoms with E-state index in [1.54, 1.807) is 0 Å². The summed E-state index contributed by atoms with van der Waals surface area (Å²) in [7, 11) is 0. The molecule has 0 aromatic heterocycles. The second kappa shape index (κ2) is 7.67. The third-order valence-corrected chi connectivity index (χ3v) is 4.39. The predicted molar refractivity (Wildman–Crippen MR) is 79.9 cm³/mol. The van der Waals surface area contributed by atoms with E-state index in [1.807, 2.05) is 0 Å². The first-order chi connectivity index (χ1) is 9.74. The Labute approximate surface area is 124 Å². The van der Waals surface area contributed by atoms with Gasteiger partial charge in [-0.3, -0.25) is 4.79 Å². The molecule has 2 nitrogen and oxygen atoms in total. The Hall–Kier alpha value is -1.03. The van der Waals surface area contributed by atoms with Crippen molar-refractivity contribution in [1.82, 2.24) is 0 Å². The molecule has 0 amide bonds. The van der Waals surface area contributed by atoms with Gasteiger partial charge in [-0.05, 0) is 49.1 Å². The van der Waals surface area contributed by atoms with E-state index in [9.17, 15) is 8.68 Å². The van der Waals surface area contributed by atoms with Crippen LogP contribution in [0, 0.1) is 5.92 Å². The lowest BCUT2D eigenvalue weighted by Crippen LogP contribution is -2.21. The third-order valence-electron chi connectivity index (χ3n) is 4.16. The van der Waals surface area contributed by atoms with Gasteiger partial charge in [0.25, 0.3) is 12.4 Å². The van der Waals surface area contributed by atoms with Gasteiger partial charge in [-0.15, -0.1) is 3.89 Å². The molecule has 1 fully saturated rings. The largest absolute Gasteiger partial charge is 0.360 e. The van der Waals surface area contributed by atoms with Crippen molar-refractivity contribution in [3.63, 3.8) is 0 Å². The van der Waals surface area contributed by atoms with Crippen LogP contribution in [0.4, 0.5) is 3.89 Å². The topological polar surface area (TPSA) is 26.3 Å². The first-order valence-electron chi connectivity index (χ1n) is 7.32. The lowest BCUT2D eigenvalue weighted by molar-refractivity contribution is -0.138. The molecule has 1 saturated carbocycles. The van der Waals surface area contributed by atoms with Crippen molar-refractivity contribution in [2.75, 3.05) is 0 Å². The molecule has 0 radical (unpaired) electrons. The lowest BCUT2D eigenvalue weighted by Gasteiger charge is -2.27. The Kier molecular flexibility index (Phi) is 5.89. The number of hydrogen-bond donors (Lipinski definition) is 0. The fourth-order valence-electron chi connectivity index (χ4n) is 3.01. The van der Waals surface area contributed by atoms with E-state index in [1.165, 1.54) is 17.5 Å². The van der Waals surface area contributed by atoms with Crippen LogP contribution < -0.4 is 0 Å². The number of rotatable bonds is 5. The van der Waals surface area contributed by atoms with Crippen LogP contribution in [0.1, 0.15) is 56.1 Å². The number of aryl methyl sites for hydroxylation is 1. The second-order valence-corrected chi connectivity index (χ2v) is 5.80. The second-order valence-electron chi connectivity index (χ2n) is 5.51. The molecule has 4 heteroatoms. The zero-order valence-electron chi connectivity index (χ0n) is 11.8. The van der Waals surface area contributed by atoms with Gasteiger partial charge in [-0.25, -0.2) is 0 Å². The van der Waals surface area contributed by atoms with Gasteiger partial charge < -0.3 is 4.18 Å². The molecule has 0 atom stereocenters. The quantitative estimate of drug-likeness (QED) is 0.716. The van der Waals surface area contributed by atoms with Crippen LogP contribution in [-0.2, 0) is 15.4 Å². The Morgan fingerprint density at radius 3 is 2.45 bits per heavy atom. The molecule has 0 bridgehead atoms. The first kappa shape index (κ1) is 15.4. The maximum Gasteiger partial charge on any atom is 0.323 e. The number of hydrogen-bond acceptors (Lipinski definition) is 3. The summed E-state index contributed by atoms with van der Waals surface area (Å²) in [5.74, 6) is -0.0177. The highest BCUT2D eigenvalue weighted by Crippen LogP contribution is 2.36.